The summed E-state index contributed by atoms with van der Waals surface area (Å²) < 4.78 is 10.4. The van der Waals surface area contributed by atoms with Crippen molar-refractivity contribution in [3.63, 3.8) is 0 Å². The van der Waals surface area contributed by atoms with Gasteiger partial charge in [-0.15, -0.1) is 0 Å². The zero-order chi connectivity index (χ0) is 17.0. The SMILES string of the molecule is CCc1cc(N)cc(C)c1NC(=O)c1ccc(OC)c(OC)c1. The Balaban J connectivity index is 2.33. The fourth-order valence-electron chi connectivity index (χ4n) is 2.51. The molecule has 2 aromatic carbocycles. The van der Waals surface area contributed by atoms with Gasteiger partial charge in [0.2, 0.25) is 0 Å². The highest BCUT2D eigenvalue weighted by Crippen LogP contribution is 2.29. The third-order valence-electron chi connectivity index (χ3n) is 3.70. The molecule has 0 saturated heterocycles. The highest BCUT2D eigenvalue weighted by molar-refractivity contribution is 6.05. The summed E-state index contributed by atoms with van der Waals surface area (Å²) in [6.45, 7) is 3.96. The predicted molar refractivity (Wildman–Crippen MR) is 92.5 cm³/mol. The molecule has 0 heterocycles. The van der Waals surface area contributed by atoms with Gasteiger partial charge < -0.3 is 20.5 Å². The summed E-state index contributed by atoms with van der Waals surface area (Å²) in [6.07, 6.45) is 0.785. The number of carbonyl (C=O) groups is 1. The van der Waals surface area contributed by atoms with Crippen LogP contribution in [0.15, 0.2) is 30.3 Å². The minimum atomic E-state index is -0.200. The molecule has 0 unspecified atom stereocenters. The molecule has 0 atom stereocenters. The van der Waals surface area contributed by atoms with Crippen LogP contribution in [-0.2, 0) is 6.42 Å². The molecule has 0 bridgehead atoms. The van der Waals surface area contributed by atoms with E-state index in [1.807, 2.05) is 26.0 Å². The maximum Gasteiger partial charge on any atom is 0.255 e. The van der Waals surface area contributed by atoms with Crippen LogP contribution in [0.3, 0.4) is 0 Å². The van der Waals surface area contributed by atoms with Crippen LogP contribution in [0.5, 0.6) is 11.5 Å². The van der Waals surface area contributed by atoms with Crippen LogP contribution in [0.4, 0.5) is 11.4 Å². The van der Waals surface area contributed by atoms with Crippen molar-refractivity contribution >= 4 is 17.3 Å². The number of ether oxygens (including phenoxy) is 2. The number of amides is 1. The Morgan fingerprint density at radius 3 is 2.43 bits per heavy atom. The number of nitrogens with two attached hydrogens (primary N) is 1. The number of nitrogen functional groups attached to an aromatic ring is 1. The molecule has 0 aromatic heterocycles. The molecule has 3 N–H and O–H groups in total. The van der Waals surface area contributed by atoms with Crippen molar-refractivity contribution in [2.75, 3.05) is 25.3 Å². The molecule has 23 heavy (non-hydrogen) atoms. The number of rotatable bonds is 5. The van der Waals surface area contributed by atoms with Gasteiger partial charge in [-0.1, -0.05) is 6.92 Å². The first kappa shape index (κ1) is 16.7. The van der Waals surface area contributed by atoms with Gasteiger partial charge in [-0.05, 0) is 54.8 Å². The number of benzene rings is 2. The van der Waals surface area contributed by atoms with E-state index in [1.165, 1.54) is 0 Å². The second kappa shape index (κ2) is 7.05. The lowest BCUT2D eigenvalue weighted by molar-refractivity contribution is 0.102. The minimum absolute atomic E-state index is 0.200. The highest BCUT2D eigenvalue weighted by atomic mass is 16.5. The van der Waals surface area contributed by atoms with Gasteiger partial charge in [-0.25, -0.2) is 0 Å². The molecule has 2 rings (SSSR count). The molecule has 5 nitrogen and oxygen atoms in total. The number of hydrogen-bond donors (Lipinski definition) is 2. The molecule has 122 valence electrons. The second-order valence-corrected chi connectivity index (χ2v) is 5.25. The molecule has 0 aliphatic rings. The minimum Gasteiger partial charge on any atom is -0.493 e. The smallest absolute Gasteiger partial charge is 0.255 e. The molecule has 0 radical (unpaired) electrons. The Hall–Kier alpha value is -2.69. The molecular formula is C18H22N2O3. The summed E-state index contributed by atoms with van der Waals surface area (Å²) in [6, 6.07) is 8.81. The summed E-state index contributed by atoms with van der Waals surface area (Å²) >= 11 is 0. The van der Waals surface area contributed by atoms with Crippen LogP contribution in [0, 0.1) is 6.92 Å². The van der Waals surface area contributed by atoms with Gasteiger partial charge in [-0.2, -0.15) is 0 Å². The fourth-order valence-corrected chi connectivity index (χ4v) is 2.51. The summed E-state index contributed by atoms with van der Waals surface area (Å²) in [7, 11) is 3.10. The molecule has 0 spiro atoms. The summed E-state index contributed by atoms with van der Waals surface area (Å²) in [4.78, 5) is 12.5. The lowest BCUT2D eigenvalue weighted by atomic mass is 10.0. The third-order valence-corrected chi connectivity index (χ3v) is 3.70. The van der Waals surface area contributed by atoms with Gasteiger partial charge in [0, 0.05) is 16.9 Å². The average molecular weight is 314 g/mol. The van der Waals surface area contributed by atoms with Gasteiger partial charge in [0.25, 0.3) is 5.91 Å². The molecule has 0 saturated carbocycles. The normalized spacial score (nSPS) is 10.3. The third kappa shape index (κ3) is 3.56. The van der Waals surface area contributed by atoms with Crippen LogP contribution in [0.2, 0.25) is 0 Å². The van der Waals surface area contributed by atoms with E-state index in [0.29, 0.717) is 22.7 Å². The number of aryl methyl sites for hydroxylation is 2. The first-order valence-corrected chi connectivity index (χ1v) is 7.42. The lowest BCUT2D eigenvalue weighted by Gasteiger charge is -2.15. The van der Waals surface area contributed by atoms with Gasteiger partial charge in [-0.3, -0.25) is 4.79 Å². The topological polar surface area (TPSA) is 73.6 Å². The van der Waals surface area contributed by atoms with Crippen molar-refractivity contribution in [3.8, 4) is 11.5 Å². The van der Waals surface area contributed by atoms with Crippen LogP contribution < -0.4 is 20.5 Å². The van der Waals surface area contributed by atoms with E-state index in [9.17, 15) is 4.79 Å². The van der Waals surface area contributed by atoms with Crippen molar-refractivity contribution in [1.82, 2.24) is 0 Å². The number of hydrogen-bond acceptors (Lipinski definition) is 4. The Kier molecular flexibility index (Phi) is 5.11. The van der Waals surface area contributed by atoms with Crippen LogP contribution in [0.1, 0.15) is 28.4 Å². The standard InChI is InChI=1S/C18H22N2O3/c1-5-12-9-14(19)8-11(2)17(12)20-18(21)13-6-7-15(22-3)16(10-13)23-4/h6-10H,5,19H2,1-4H3,(H,20,21). The van der Waals surface area contributed by atoms with E-state index in [2.05, 4.69) is 5.32 Å². The van der Waals surface area contributed by atoms with Crippen molar-refractivity contribution in [2.24, 2.45) is 0 Å². The van der Waals surface area contributed by atoms with Crippen LogP contribution >= 0.6 is 0 Å². The van der Waals surface area contributed by atoms with E-state index in [0.717, 1.165) is 23.2 Å². The van der Waals surface area contributed by atoms with Gasteiger partial charge in [0.05, 0.1) is 14.2 Å². The monoisotopic (exact) mass is 314 g/mol. The quantitative estimate of drug-likeness (QED) is 0.829. The van der Waals surface area contributed by atoms with Crippen molar-refractivity contribution in [3.05, 3.63) is 47.0 Å². The molecule has 5 heteroatoms. The van der Waals surface area contributed by atoms with Gasteiger partial charge in [0.1, 0.15) is 0 Å². The Morgan fingerprint density at radius 2 is 1.83 bits per heavy atom. The molecule has 0 aliphatic carbocycles. The lowest BCUT2D eigenvalue weighted by Crippen LogP contribution is -2.15. The summed E-state index contributed by atoms with van der Waals surface area (Å²) in [5, 5.41) is 2.97. The first-order chi connectivity index (χ1) is 11.0. The largest absolute Gasteiger partial charge is 0.493 e. The van der Waals surface area contributed by atoms with E-state index in [4.69, 9.17) is 15.2 Å². The van der Waals surface area contributed by atoms with E-state index in [1.54, 1.807) is 32.4 Å². The maximum absolute atomic E-state index is 12.5. The Bertz CT molecular complexity index is 726. The Labute approximate surface area is 136 Å². The summed E-state index contributed by atoms with van der Waals surface area (Å²) in [5.41, 5.74) is 9.83. The molecule has 0 fully saturated rings. The number of carbonyl (C=O) groups excluding carboxylic acids is 1. The molecule has 0 aliphatic heterocycles. The number of methoxy groups -OCH3 is 2. The molecular weight excluding hydrogens is 292 g/mol. The van der Waals surface area contributed by atoms with Crippen molar-refractivity contribution in [1.29, 1.82) is 0 Å². The Morgan fingerprint density at radius 1 is 1.13 bits per heavy atom. The molecule has 2 aromatic rings. The van der Waals surface area contributed by atoms with Crippen LogP contribution in [-0.4, -0.2) is 20.1 Å². The van der Waals surface area contributed by atoms with Gasteiger partial charge in [0.15, 0.2) is 11.5 Å². The van der Waals surface area contributed by atoms with Gasteiger partial charge >= 0.3 is 0 Å². The number of anilines is 2. The average Bonchev–Trinajstić information content (AvgIpc) is 2.56. The predicted octanol–water partition coefficient (Wildman–Crippen LogP) is 3.41. The molecule has 1 amide bonds. The van der Waals surface area contributed by atoms with Crippen molar-refractivity contribution in [2.45, 2.75) is 20.3 Å². The fraction of sp³-hybridized carbons (Fsp3) is 0.278. The summed E-state index contributed by atoms with van der Waals surface area (Å²) in [5.74, 6) is 0.903. The van der Waals surface area contributed by atoms with Crippen LogP contribution in [0.25, 0.3) is 0 Å². The highest BCUT2D eigenvalue weighted by Gasteiger charge is 2.14. The first-order valence-electron chi connectivity index (χ1n) is 7.42. The van der Waals surface area contributed by atoms with E-state index < -0.39 is 0 Å². The second-order valence-electron chi connectivity index (χ2n) is 5.25. The number of nitrogens with one attached hydrogen (secondary N) is 1. The zero-order valence-electron chi connectivity index (χ0n) is 13.9. The zero-order valence-corrected chi connectivity index (χ0v) is 13.9. The van der Waals surface area contributed by atoms with Crippen molar-refractivity contribution < 1.29 is 14.3 Å². The van der Waals surface area contributed by atoms with E-state index in [-0.39, 0.29) is 5.91 Å². The van der Waals surface area contributed by atoms with E-state index >= 15 is 0 Å². The maximum atomic E-state index is 12.5.